The molecule has 1 aliphatic heterocycles. The van der Waals surface area contributed by atoms with Crippen LogP contribution in [-0.4, -0.2) is 48.6 Å². The molecule has 0 radical (unpaired) electrons. The Balaban J connectivity index is 1.37. The van der Waals surface area contributed by atoms with Gasteiger partial charge in [0.2, 0.25) is 0 Å². The highest BCUT2D eigenvalue weighted by Crippen LogP contribution is 2.47. The largest absolute Gasteiger partial charge is 0.496 e. The maximum Gasteiger partial charge on any atom is 0.261 e. The molecular weight excluding hydrogens is 397 g/mol. The van der Waals surface area contributed by atoms with Gasteiger partial charge < -0.3 is 24.7 Å². The highest BCUT2D eigenvalue weighted by Gasteiger charge is 2.44. The predicted molar refractivity (Wildman–Crippen MR) is 118 cm³/mol. The molecule has 1 aliphatic carbocycles. The summed E-state index contributed by atoms with van der Waals surface area (Å²) in [5.74, 6) is -0.501. The summed E-state index contributed by atoms with van der Waals surface area (Å²) in [6.45, 7) is 5.57. The zero-order valence-corrected chi connectivity index (χ0v) is 17.7. The number of amides is 1. The third kappa shape index (κ3) is 3.83. The monoisotopic (exact) mass is 423 g/mol. The van der Waals surface area contributed by atoms with Crippen molar-refractivity contribution >= 4 is 22.9 Å². The average Bonchev–Trinajstić information content (AvgIpc) is 3.47. The summed E-state index contributed by atoms with van der Waals surface area (Å²) in [5.41, 5.74) is 3.15. The van der Waals surface area contributed by atoms with Crippen molar-refractivity contribution < 1.29 is 13.9 Å². The molecule has 8 heteroatoms. The number of aromatic nitrogens is 2. The summed E-state index contributed by atoms with van der Waals surface area (Å²) in [4.78, 5) is 19.5. The molecule has 31 heavy (non-hydrogen) atoms. The van der Waals surface area contributed by atoms with E-state index in [-0.39, 0.29) is 5.69 Å². The minimum Gasteiger partial charge on any atom is -0.496 e. The van der Waals surface area contributed by atoms with Gasteiger partial charge in [-0.3, -0.25) is 4.79 Å². The number of nitrogens with zero attached hydrogens (tertiary/aromatic N) is 3. The summed E-state index contributed by atoms with van der Waals surface area (Å²) < 4.78 is 22.1. The number of aryl methyl sites for hydroxylation is 1. The maximum atomic E-state index is 14.9. The van der Waals surface area contributed by atoms with E-state index in [2.05, 4.69) is 20.5 Å². The van der Waals surface area contributed by atoms with Crippen LogP contribution in [0.3, 0.4) is 0 Å². The van der Waals surface area contributed by atoms with Crippen molar-refractivity contribution in [3.8, 4) is 5.75 Å². The predicted octanol–water partition coefficient (Wildman–Crippen LogP) is 3.23. The van der Waals surface area contributed by atoms with Gasteiger partial charge in [0.05, 0.1) is 24.1 Å². The Morgan fingerprint density at radius 2 is 2.13 bits per heavy atom. The van der Waals surface area contributed by atoms with E-state index < -0.39 is 11.7 Å². The normalized spacial score (nSPS) is 17.6. The minimum atomic E-state index is -0.452. The number of nitrogens with one attached hydrogen (secondary N) is 2. The van der Waals surface area contributed by atoms with E-state index in [0.29, 0.717) is 22.4 Å². The third-order valence-electron chi connectivity index (χ3n) is 6.25. The molecular formula is C23H26FN5O2. The van der Waals surface area contributed by atoms with Crippen LogP contribution in [0.1, 0.15) is 28.9 Å². The standard InChI is InChI=1S/C23H26FN5O2/c1-15-11-29-12-17(20(31-2)10-21(29)26-15)22(30)27-19-4-3-16(9-18(19)24)28-8-7-25-13-23(14-28)5-6-23/h3-4,9-12,25H,5-8,13-14H2,1-2H3,(H,27,30). The van der Waals surface area contributed by atoms with E-state index in [4.69, 9.17) is 4.74 Å². The lowest BCUT2D eigenvalue weighted by atomic mass is 10.1. The van der Waals surface area contributed by atoms with Crippen LogP contribution in [0, 0.1) is 18.2 Å². The maximum absolute atomic E-state index is 14.9. The Morgan fingerprint density at radius 3 is 2.87 bits per heavy atom. The van der Waals surface area contributed by atoms with Crippen molar-refractivity contribution in [2.24, 2.45) is 5.41 Å². The van der Waals surface area contributed by atoms with E-state index in [1.165, 1.54) is 26.0 Å². The number of hydrogen-bond donors (Lipinski definition) is 2. The van der Waals surface area contributed by atoms with Gasteiger partial charge in [-0.25, -0.2) is 9.37 Å². The van der Waals surface area contributed by atoms with Crippen molar-refractivity contribution in [2.75, 3.05) is 43.5 Å². The van der Waals surface area contributed by atoms with Gasteiger partial charge in [0.25, 0.3) is 5.91 Å². The molecule has 1 amide bonds. The zero-order valence-electron chi connectivity index (χ0n) is 17.7. The number of pyridine rings is 1. The van der Waals surface area contributed by atoms with E-state index in [9.17, 15) is 9.18 Å². The highest BCUT2D eigenvalue weighted by molar-refractivity contribution is 6.06. The van der Waals surface area contributed by atoms with Gasteiger partial charge >= 0.3 is 0 Å². The first-order chi connectivity index (χ1) is 15.0. The number of anilines is 2. The van der Waals surface area contributed by atoms with Crippen molar-refractivity contribution in [2.45, 2.75) is 19.8 Å². The molecule has 7 nitrogen and oxygen atoms in total. The molecule has 0 bridgehead atoms. The first-order valence-corrected chi connectivity index (χ1v) is 10.6. The summed E-state index contributed by atoms with van der Waals surface area (Å²) in [6, 6.07) is 6.71. The zero-order chi connectivity index (χ0) is 21.6. The fraction of sp³-hybridized carbons (Fsp3) is 0.391. The lowest BCUT2D eigenvalue weighted by molar-refractivity contribution is 0.102. The van der Waals surface area contributed by atoms with Crippen LogP contribution in [0.15, 0.2) is 36.7 Å². The number of hydrogen-bond acceptors (Lipinski definition) is 5. The quantitative estimate of drug-likeness (QED) is 0.674. The Labute approximate surface area is 180 Å². The first-order valence-electron chi connectivity index (χ1n) is 10.6. The topological polar surface area (TPSA) is 70.9 Å². The van der Waals surface area contributed by atoms with Crippen LogP contribution < -0.4 is 20.3 Å². The molecule has 1 saturated carbocycles. The molecule has 2 aromatic heterocycles. The van der Waals surface area contributed by atoms with Gasteiger partial charge in [0.15, 0.2) is 0 Å². The molecule has 162 valence electrons. The number of rotatable bonds is 4. The summed E-state index contributed by atoms with van der Waals surface area (Å²) >= 11 is 0. The van der Waals surface area contributed by atoms with Crippen LogP contribution >= 0.6 is 0 Å². The van der Waals surface area contributed by atoms with Crippen LogP contribution in [0.25, 0.3) is 5.65 Å². The number of carbonyl (C=O) groups is 1. The number of methoxy groups -OCH3 is 1. The van der Waals surface area contributed by atoms with Gasteiger partial charge in [0, 0.05) is 55.7 Å². The van der Waals surface area contributed by atoms with Gasteiger partial charge in [-0.15, -0.1) is 0 Å². The van der Waals surface area contributed by atoms with Gasteiger partial charge in [-0.1, -0.05) is 0 Å². The molecule has 1 spiro atoms. The fourth-order valence-corrected chi connectivity index (χ4v) is 4.31. The molecule has 2 aliphatic rings. The second kappa shape index (κ2) is 7.53. The lowest BCUT2D eigenvalue weighted by Gasteiger charge is -2.26. The van der Waals surface area contributed by atoms with E-state index >= 15 is 0 Å². The smallest absolute Gasteiger partial charge is 0.261 e. The van der Waals surface area contributed by atoms with Gasteiger partial charge in [-0.05, 0) is 38.0 Å². The van der Waals surface area contributed by atoms with Crippen molar-refractivity contribution in [3.63, 3.8) is 0 Å². The molecule has 3 aromatic rings. The Hall–Kier alpha value is -3.13. The van der Waals surface area contributed by atoms with Crippen LogP contribution in [-0.2, 0) is 0 Å². The van der Waals surface area contributed by atoms with Gasteiger partial charge in [-0.2, -0.15) is 0 Å². The second-order valence-electron chi connectivity index (χ2n) is 8.62. The van der Waals surface area contributed by atoms with Crippen LogP contribution in [0.2, 0.25) is 0 Å². The summed E-state index contributed by atoms with van der Waals surface area (Å²) in [7, 11) is 1.50. The number of ether oxygens (including phenoxy) is 1. The van der Waals surface area contributed by atoms with Crippen LogP contribution in [0.5, 0.6) is 5.75 Å². The Bertz CT molecular complexity index is 1150. The summed E-state index contributed by atoms with van der Waals surface area (Å²) in [5, 5.41) is 6.17. The van der Waals surface area contributed by atoms with Gasteiger partial charge in [0.1, 0.15) is 17.2 Å². The molecule has 3 heterocycles. The molecule has 2 fully saturated rings. The van der Waals surface area contributed by atoms with Crippen LogP contribution in [0.4, 0.5) is 15.8 Å². The number of halogens is 1. The molecule has 0 unspecified atom stereocenters. The van der Waals surface area contributed by atoms with E-state index in [1.807, 2.05) is 19.2 Å². The van der Waals surface area contributed by atoms with E-state index in [1.54, 1.807) is 22.7 Å². The third-order valence-corrected chi connectivity index (χ3v) is 6.25. The number of imidazole rings is 1. The number of fused-ring (bicyclic) bond motifs is 1. The Kier molecular flexibility index (Phi) is 4.81. The first kappa shape index (κ1) is 19.8. The fourth-order valence-electron chi connectivity index (χ4n) is 4.31. The van der Waals surface area contributed by atoms with Crippen molar-refractivity contribution in [1.29, 1.82) is 0 Å². The molecule has 1 saturated heterocycles. The van der Waals surface area contributed by atoms with E-state index in [0.717, 1.165) is 37.6 Å². The second-order valence-corrected chi connectivity index (χ2v) is 8.62. The molecule has 2 N–H and O–H groups in total. The number of benzene rings is 1. The van der Waals surface area contributed by atoms with Crippen molar-refractivity contribution in [3.05, 3.63) is 53.7 Å². The lowest BCUT2D eigenvalue weighted by Crippen LogP contribution is -2.30. The Morgan fingerprint density at radius 1 is 1.29 bits per heavy atom. The SMILES string of the molecule is COc1cc2nc(C)cn2cc1C(=O)Nc1ccc(N2CCNCC3(CC3)C2)cc1F. The summed E-state index contributed by atoms with van der Waals surface area (Å²) in [6.07, 6.45) is 5.91. The molecule has 0 atom stereocenters. The van der Waals surface area contributed by atoms with Crippen molar-refractivity contribution in [1.82, 2.24) is 14.7 Å². The molecule has 1 aromatic carbocycles. The average molecular weight is 423 g/mol. The number of carbonyl (C=O) groups excluding carboxylic acids is 1. The highest BCUT2D eigenvalue weighted by atomic mass is 19.1. The molecule has 5 rings (SSSR count). The minimum absolute atomic E-state index is 0.145.